The Hall–Kier alpha value is -3.06. The number of carbonyl (C=O) groups is 2. The highest BCUT2D eigenvalue weighted by Crippen LogP contribution is 2.25. The van der Waals surface area contributed by atoms with Crippen molar-refractivity contribution in [1.82, 2.24) is 4.98 Å². The summed E-state index contributed by atoms with van der Waals surface area (Å²) in [5, 5.41) is 2.27. The van der Waals surface area contributed by atoms with Crippen LogP contribution in [0.1, 0.15) is 33.3 Å². The van der Waals surface area contributed by atoms with Crippen LogP contribution < -0.4 is 4.74 Å². The molecule has 0 radical (unpaired) electrons. The van der Waals surface area contributed by atoms with Crippen LogP contribution in [0.4, 0.5) is 4.39 Å². The van der Waals surface area contributed by atoms with Crippen molar-refractivity contribution in [3.63, 3.8) is 0 Å². The van der Waals surface area contributed by atoms with Crippen molar-refractivity contribution in [2.24, 2.45) is 0 Å². The van der Waals surface area contributed by atoms with Gasteiger partial charge in [-0.2, -0.15) is 0 Å². The molecule has 0 N–H and O–H groups in total. The van der Waals surface area contributed by atoms with Crippen LogP contribution in [0.5, 0.6) is 5.75 Å². The van der Waals surface area contributed by atoms with Gasteiger partial charge in [-0.1, -0.05) is 31.2 Å². The Morgan fingerprint density at radius 2 is 1.89 bits per heavy atom. The molecule has 28 heavy (non-hydrogen) atoms. The highest BCUT2D eigenvalue weighted by Gasteiger charge is 2.18. The number of rotatable bonds is 7. The first-order chi connectivity index (χ1) is 13.5. The molecular formula is C21H18FNO4S. The number of benzene rings is 2. The van der Waals surface area contributed by atoms with Gasteiger partial charge in [-0.15, -0.1) is 11.3 Å². The van der Waals surface area contributed by atoms with Crippen LogP contribution in [0.25, 0.3) is 10.6 Å². The van der Waals surface area contributed by atoms with E-state index in [1.807, 2.05) is 24.3 Å². The molecule has 0 aliphatic carbocycles. The van der Waals surface area contributed by atoms with Gasteiger partial charge in [0.25, 0.3) is 0 Å². The molecule has 0 saturated carbocycles. The van der Waals surface area contributed by atoms with E-state index in [1.165, 1.54) is 36.1 Å². The minimum atomic E-state index is -0.712. The zero-order chi connectivity index (χ0) is 20.1. The number of thiazole rings is 1. The fourth-order valence-electron chi connectivity index (χ4n) is 2.56. The standard InChI is InChI=1S/C21H18FNO4S/c1-3-13-4-6-14(7-5-13)20-23-17(12-28-20)21(25)27-11-18(24)16-10-15(22)8-9-19(16)26-2/h4-10,12H,3,11H2,1-2H3. The third kappa shape index (κ3) is 4.43. The average molecular weight is 399 g/mol. The number of methoxy groups -OCH3 is 1. The first kappa shape index (κ1) is 19.7. The van der Waals surface area contributed by atoms with Crippen molar-refractivity contribution in [3.05, 3.63) is 70.5 Å². The number of aryl methyl sites for hydroxylation is 1. The van der Waals surface area contributed by atoms with Crippen LogP contribution in [-0.2, 0) is 11.2 Å². The molecule has 0 aliphatic rings. The summed E-state index contributed by atoms with van der Waals surface area (Å²) in [7, 11) is 1.37. The monoisotopic (exact) mass is 399 g/mol. The number of esters is 1. The fourth-order valence-corrected chi connectivity index (χ4v) is 3.36. The highest BCUT2D eigenvalue weighted by atomic mass is 32.1. The van der Waals surface area contributed by atoms with E-state index in [0.29, 0.717) is 5.01 Å². The number of halogens is 1. The van der Waals surface area contributed by atoms with E-state index in [0.717, 1.165) is 18.1 Å². The molecule has 144 valence electrons. The second-order valence-corrected chi connectivity index (χ2v) is 6.79. The van der Waals surface area contributed by atoms with Crippen molar-refractivity contribution in [3.8, 4) is 16.3 Å². The molecule has 1 aromatic heterocycles. The van der Waals surface area contributed by atoms with Crippen LogP contribution >= 0.6 is 11.3 Å². The maximum Gasteiger partial charge on any atom is 0.358 e. The lowest BCUT2D eigenvalue weighted by Crippen LogP contribution is -2.15. The van der Waals surface area contributed by atoms with Crippen LogP contribution in [-0.4, -0.2) is 30.5 Å². The third-order valence-electron chi connectivity index (χ3n) is 4.12. The molecule has 0 amide bonds. The van der Waals surface area contributed by atoms with Gasteiger partial charge >= 0.3 is 5.97 Å². The van der Waals surface area contributed by atoms with Gasteiger partial charge in [0.2, 0.25) is 5.78 Å². The summed E-state index contributed by atoms with van der Waals surface area (Å²) in [4.78, 5) is 28.8. The molecule has 1 heterocycles. The van der Waals surface area contributed by atoms with Gasteiger partial charge in [0.15, 0.2) is 12.3 Å². The van der Waals surface area contributed by atoms with E-state index in [9.17, 15) is 14.0 Å². The topological polar surface area (TPSA) is 65.5 Å². The van der Waals surface area contributed by atoms with Crippen LogP contribution in [0.3, 0.4) is 0 Å². The molecule has 0 saturated heterocycles. The molecular weight excluding hydrogens is 381 g/mol. The number of aromatic nitrogens is 1. The lowest BCUT2D eigenvalue weighted by molar-refractivity contribution is 0.0469. The Morgan fingerprint density at radius 3 is 2.57 bits per heavy atom. The minimum Gasteiger partial charge on any atom is -0.496 e. The van der Waals surface area contributed by atoms with E-state index < -0.39 is 24.2 Å². The number of ketones is 1. The highest BCUT2D eigenvalue weighted by molar-refractivity contribution is 7.13. The number of hydrogen-bond donors (Lipinski definition) is 0. The lowest BCUT2D eigenvalue weighted by Gasteiger charge is -2.08. The first-order valence-electron chi connectivity index (χ1n) is 8.60. The smallest absolute Gasteiger partial charge is 0.358 e. The van der Waals surface area contributed by atoms with Gasteiger partial charge in [0.1, 0.15) is 16.6 Å². The minimum absolute atomic E-state index is 0.0188. The Bertz CT molecular complexity index is 998. The number of nitrogens with zero attached hydrogens (tertiary/aromatic N) is 1. The molecule has 5 nitrogen and oxygen atoms in total. The fraction of sp³-hybridized carbons (Fsp3) is 0.190. The summed E-state index contributed by atoms with van der Waals surface area (Å²) in [6.07, 6.45) is 0.944. The normalized spacial score (nSPS) is 10.5. The van der Waals surface area contributed by atoms with Crippen molar-refractivity contribution < 1.29 is 23.5 Å². The maximum atomic E-state index is 13.4. The van der Waals surface area contributed by atoms with E-state index in [1.54, 1.807) is 5.38 Å². The molecule has 3 aromatic rings. The second kappa shape index (κ2) is 8.75. The second-order valence-electron chi connectivity index (χ2n) is 5.93. The van der Waals surface area contributed by atoms with Gasteiger partial charge in [0, 0.05) is 10.9 Å². The van der Waals surface area contributed by atoms with Gasteiger partial charge in [0.05, 0.1) is 12.7 Å². The van der Waals surface area contributed by atoms with Crippen molar-refractivity contribution in [2.45, 2.75) is 13.3 Å². The molecule has 0 spiro atoms. The van der Waals surface area contributed by atoms with E-state index in [4.69, 9.17) is 9.47 Å². The Morgan fingerprint density at radius 1 is 1.14 bits per heavy atom. The Balaban J connectivity index is 1.66. The Labute approximate surface area is 165 Å². The number of Topliss-reactive ketones (excluding diaryl/α,β-unsaturated/α-hetero) is 1. The summed E-state index contributed by atoms with van der Waals surface area (Å²) in [6, 6.07) is 11.5. The molecule has 0 bridgehead atoms. The largest absolute Gasteiger partial charge is 0.496 e. The van der Waals surface area contributed by atoms with Crippen LogP contribution in [0, 0.1) is 5.82 Å². The quantitative estimate of drug-likeness (QED) is 0.430. The zero-order valence-electron chi connectivity index (χ0n) is 15.4. The summed E-state index contributed by atoms with van der Waals surface area (Å²) in [6.45, 7) is 1.55. The van der Waals surface area contributed by atoms with Gasteiger partial charge < -0.3 is 9.47 Å². The molecule has 2 aromatic carbocycles. The molecule has 0 unspecified atom stereocenters. The van der Waals surface area contributed by atoms with Crippen molar-refractivity contribution >= 4 is 23.1 Å². The predicted molar refractivity (Wildman–Crippen MR) is 104 cm³/mol. The average Bonchev–Trinajstić information content (AvgIpc) is 3.22. The molecule has 7 heteroatoms. The Kier molecular flexibility index (Phi) is 6.16. The molecule has 0 atom stereocenters. The number of hydrogen-bond acceptors (Lipinski definition) is 6. The number of ether oxygens (including phenoxy) is 2. The summed E-state index contributed by atoms with van der Waals surface area (Å²) in [5.74, 6) is -1.63. The van der Waals surface area contributed by atoms with Gasteiger partial charge in [-0.3, -0.25) is 4.79 Å². The van der Waals surface area contributed by atoms with E-state index in [-0.39, 0.29) is 17.0 Å². The van der Waals surface area contributed by atoms with E-state index >= 15 is 0 Å². The molecule has 0 aliphatic heterocycles. The van der Waals surface area contributed by atoms with E-state index in [2.05, 4.69) is 11.9 Å². The maximum absolute atomic E-state index is 13.4. The SMILES string of the molecule is CCc1ccc(-c2nc(C(=O)OCC(=O)c3cc(F)ccc3OC)cs2)cc1. The summed E-state index contributed by atoms with van der Waals surface area (Å²) >= 11 is 1.32. The lowest BCUT2D eigenvalue weighted by atomic mass is 10.1. The van der Waals surface area contributed by atoms with Gasteiger partial charge in [-0.25, -0.2) is 14.2 Å². The molecule has 0 fully saturated rings. The van der Waals surface area contributed by atoms with Crippen molar-refractivity contribution in [2.75, 3.05) is 13.7 Å². The summed E-state index contributed by atoms with van der Waals surface area (Å²) < 4.78 is 23.5. The van der Waals surface area contributed by atoms with Crippen molar-refractivity contribution in [1.29, 1.82) is 0 Å². The predicted octanol–water partition coefficient (Wildman–Crippen LogP) is 4.56. The van der Waals surface area contributed by atoms with Crippen LogP contribution in [0.2, 0.25) is 0 Å². The molecule has 3 rings (SSSR count). The summed E-state index contributed by atoms with van der Waals surface area (Å²) in [5.41, 5.74) is 2.26. The first-order valence-corrected chi connectivity index (χ1v) is 9.48. The van der Waals surface area contributed by atoms with Crippen LogP contribution in [0.15, 0.2) is 47.8 Å². The van der Waals surface area contributed by atoms with Gasteiger partial charge in [-0.05, 0) is 30.2 Å². The zero-order valence-corrected chi connectivity index (χ0v) is 16.2. The third-order valence-corrected chi connectivity index (χ3v) is 5.01. The number of carbonyl (C=O) groups excluding carboxylic acids is 2.